The van der Waals surface area contributed by atoms with Gasteiger partial charge in [0.15, 0.2) is 0 Å². The molecular weight excluding hydrogens is 430 g/mol. The zero-order valence-corrected chi connectivity index (χ0v) is 20.6. The molecule has 6 heteroatoms. The molecule has 0 saturated carbocycles. The van der Waals surface area contributed by atoms with Gasteiger partial charge < -0.3 is 15.3 Å². The summed E-state index contributed by atoms with van der Waals surface area (Å²) in [5.74, 6) is 0.600. The zero-order chi connectivity index (χ0) is 25.3. The highest BCUT2D eigenvalue weighted by Gasteiger charge is 2.20. The number of nitro groups is 1. The van der Waals surface area contributed by atoms with Crippen molar-refractivity contribution in [1.82, 2.24) is 0 Å². The van der Waals surface area contributed by atoms with Crippen LogP contribution in [0.3, 0.4) is 0 Å². The van der Waals surface area contributed by atoms with Crippen LogP contribution in [0.5, 0.6) is 17.2 Å². The van der Waals surface area contributed by atoms with E-state index in [1.54, 1.807) is 12.1 Å². The number of non-ortho nitro benzene ring substituents is 1. The van der Waals surface area contributed by atoms with Gasteiger partial charge >= 0.3 is 0 Å². The monoisotopic (exact) mass is 463 g/mol. The predicted octanol–water partition coefficient (Wildman–Crippen LogP) is 6.76. The molecule has 180 valence electrons. The highest BCUT2D eigenvalue weighted by atomic mass is 16.6. The van der Waals surface area contributed by atoms with Crippen molar-refractivity contribution in [2.24, 2.45) is 0 Å². The topological polar surface area (TPSA) is 104 Å². The first-order valence-corrected chi connectivity index (χ1v) is 11.5. The molecule has 0 spiro atoms. The molecule has 0 radical (unpaired) electrons. The number of hydrogen-bond donors (Lipinski definition) is 3. The third-order valence-corrected chi connectivity index (χ3v) is 6.40. The van der Waals surface area contributed by atoms with Crippen LogP contribution in [0, 0.1) is 24.0 Å². The van der Waals surface area contributed by atoms with Gasteiger partial charge in [0.2, 0.25) is 0 Å². The maximum Gasteiger partial charge on any atom is 0.270 e. The summed E-state index contributed by atoms with van der Waals surface area (Å²) in [7, 11) is 0. The Balaban J connectivity index is 2.10. The number of aromatic hydroxyl groups is 3. The average Bonchev–Trinajstić information content (AvgIpc) is 2.73. The van der Waals surface area contributed by atoms with Gasteiger partial charge in [-0.15, -0.1) is 0 Å². The van der Waals surface area contributed by atoms with Gasteiger partial charge in [0.05, 0.1) is 4.92 Å². The van der Waals surface area contributed by atoms with Crippen molar-refractivity contribution in [1.29, 1.82) is 0 Å². The van der Waals surface area contributed by atoms with Crippen LogP contribution in [0.4, 0.5) is 5.69 Å². The summed E-state index contributed by atoms with van der Waals surface area (Å²) in [5, 5.41) is 43.8. The smallest absolute Gasteiger partial charge is 0.270 e. The van der Waals surface area contributed by atoms with Gasteiger partial charge in [-0.25, -0.2) is 0 Å². The number of nitrogens with zero attached hydrogens (tertiary/aromatic N) is 1. The lowest BCUT2D eigenvalue weighted by Gasteiger charge is -2.17. The molecule has 3 rings (SSSR count). The molecule has 0 unspecified atom stereocenters. The van der Waals surface area contributed by atoms with Crippen molar-refractivity contribution in [2.75, 3.05) is 0 Å². The van der Waals surface area contributed by atoms with Gasteiger partial charge in [-0.05, 0) is 71.2 Å². The van der Waals surface area contributed by atoms with Crippen LogP contribution in [0.25, 0.3) is 0 Å². The second-order valence-corrected chi connectivity index (χ2v) is 9.71. The van der Waals surface area contributed by atoms with Crippen LogP contribution in [0.15, 0.2) is 36.4 Å². The van der Waals surface area contributed by atoms with Crippen LogP contribution in [-0.2, 0) is 12.8 Å². The van der Waals surface area contributed by atoms with E-state index in [0.717, 1.165) is 22.3 Å². The summed E-state index contributed by atoms with van der Waals surface area (Å²) in [6.07, 6.45) is 0.285. The fraction of sp³-hybridized carbons (Fsp3) is 0.357. The SMILES string of the molecule is Cc1cc(O)c(Cc2cc([N+](=O)[O-])cc(Cc3cc(C(C)C)c(C)cc3O)c2O)cc1C(C)C. The van der Waals surface area contributed by atoms with Gasteiger partial charge in [0.1, 0.15) is 17.2 Å². The van der Waals surface area contributed by atoms with E-state index in [9.17, 15) is 25.4 Å². The van der Waals surface area contributed by atoms with Crippen molar-refractivity contribution < 1.29 is 20.2 Å². The summed E-state index contributed by atoms with van der Waals surface area (Å²) in [6.45, 7) is 12.1. The van der Waals surface area contributed by atoms with E-state index in [-0.39, 0.29) is 47.6 Å². The van der Waals surface area contributed by atoms with Crippen molar-refractivity contribution in [2.45, 2.75) is 66.2 Å². The third kappa shape index (κ3) is 5.16. The summed E-state index contributed by atoms with van der Waals surface area (Å²) in [6, 6.07) is 9.88. The number of rotatable bonds is 7. The van der Waals surface area contributed by atoms with Crippen molar-refractivity contribution in [3.05, 3.63) is 91.0 Å². The standard InChI is InChI=1S/C28H33NO5/c1-15(2)24-13-19(26(30)7-17(24)5)9-21-11-23(29(33)34)12-22(28(21)32)10-20-14-25(16(3)4)18(6)8-27(20)31/h7-8,11-16,30-32H,9-10H2,1-6H3. The number of phenols is 3. The number of hydrogen-bond acceptors (Lipinski definition) is 5. The fourth-order valence-corrected chi connectivity index (χ4v) is 4.57. The average molecular weight is 464 g/mol. The zero-order valence-electron chi connectivity index (χ0n) is 20.6. The molecule has 3 N–H and O–H groups in total. The Hall–Kier alpha value is -3.54. The number of aryl methyl sites for hydroxylation is 2. The molecule has 34 heavy (non-hydrogen) atoms. The third-order valence-electron chi connectivity index (χ3n) is 6.40. The summed E-state index contributed by atoms with van der Waals surface area (Å²) < 4.78 is 0. The Kier molecular flexibility index (Phi) is 7.20. The minimum absolute atomic E-state index is 0.0669. The van der Waals surface area contributed by atoms with Gasteiger partial charge in [-0.2, -0.15) is 0 Å². The van der Waals surface area contributed by atoms with Gasteiger partial charge in [-0.1, -0.05) is 39.8 Å². The maximum absolute atomic E-state index is 11.7. The molecule has 0 aromatic heterocycles. The van der Waals surface area contributed by atoms with Crippen LogP contribution in [-0.4, -0.2) is 20.2 Å². The van der Waals surface area contributed by atoms with E-state index in [1.165, 1.54) is 12.1 Å². The first kappa shape index (κ1) is 25.1. The highest BCUT2D eigenvalue weighted by Crippen LogP contribution is 2.37. The summed E-state index contributed by atoms with van der Waals surface area (Å²) in [4.78, 5) is 11.2. The van der Waals surface area contributed by atoms with E-state index in [2.05, 4.69) is 27.7 Å². The van der Waals surface area contributed by atoms with E-state index < -0.39 is 4.92 Å². The molecule has 0 aliphatic carbocycles. The molecule has 3 aromatic rings. The van der Waals surface area contributed by atoms with Gasteiger partial charge in [0, 0.05) is 36.1 Å². The Labute approximate surface area is 200 Å². The van der Waals surface area contributed by atoms with Crippen LogP contribution >= 0.6 is 0 Å². The van der Waals surface area contributed by atoms with Crippen LogP contribution < -0.4 is 0 Å². The first-order chi connectivity index (χ1) is 15.9. The Bertz CT molecular complexity index is 1160. The molecule has 0 bridgehead atoms. The Morgan fingerprint density at radius 2 is 1.09 bits per heavy atom. The van der Waals surface area contributed by atoms with Crippen molar-refractivity contribution >= 4 is 5.69 Å². The van der Waals surface area contributed by atoms with E-state index in [1.807, 2.05) is 26.0 Å². The van der Waals surface area contributed by atoms with Gasteiger partial charge in [-0.3, -0.25) is 10.1 Å². The van der Waals surface area contributed by atoms with E-state index in [0.29, 0.717) is 22.3 Å². The second kappa shape index (κ2) is 9.75. The second-order valence-electron chi connectivity index (χ2n) is 9.71. The van der Waals surface area contributed by atoms with Gasteiger partial charge in [0.25, 0.3) is 5.69 Å². The van der Waals surface area contributed by atoms with E-state index >= 15 is 0 Å². The minimum atomic E-state index is -0.491. The molecular formula is C28H33NO5. The van der Waals surface area contributed by atoms with Crippen molar-refractivity contribution in [3.63, 3.8) is 0 Å². The Morgan fingerprint density at radius 1 is 0.706 bits per heavy atom. The molecule has 3 aromatic carbocycles. The number of nitro benzene ring substituents is 1. The lowest BCUT2D eigenvalue weighted by Crippen LogP contribution is -2.01. The first-order valence-electron chi connectivity index (χ1n) is 11.5. The number of benzene rings is 3. The summed E-state index contributed by atoms with van der Waals surface area (Å²) >= 11 is 0. The largest absolute Gasteiger partial charge is 0.508 e. The molecule has 0 fully saturated rings. The Morgan fingerprint density at radius 3 is 1.41 bits per heavy atom. The molecule has 0 aliphatic rings. The molecule has 0 amide bonds. The highest BCUT2D eigenvalue weighted by molar-refractivity contribution is 5.55. The van der Waals surface area contributed by atoms with Crippen molar-refractivity contribution in [3.8, 4) is 17.2 Å². The minimum Gasteiger partial charge on any atom is -0.508 e. The molecule has 0 aliphatic heterocycles. The fourth-order valence-electron chi connectivity index (χ4n) is 4.57. The summed E-state index contributed by atoms with van der Waals surface area (Å²) in [5.41, 5.74) is 5.84. The quantitative estimate of drug-likeness (QED) is 0.265. The maximum atomic E-state index is 11.7. The lowest BCUT2D eigenvalue weighted by molar-refractivity contribution is -0.385. The van der Waals surface area contributed by atoms with Crippen LogP contribution in [0.2, 0.25) is 0 Å². The predicted molar refractivity (Wildman–Crippen MR) is 134 cm³/mol. The van der Waals surface area contributed by atoms with Crippen LogP contribution in [0.1, 0.15) is 84.0 Å². The molecule has 0 saturated heterocycles. The normalized spacial score (nSPS) is 11.4. The molecule has 0 heterocycles. The lowest BCUT2D eigenvalue weighted by atomic mass is 9.90. The molecule has 6 nitrogen and oxygen atoms in total. The number of phenolic OH excluding ortho intramolecular Hbond substituents is 3. The molecule has 0 atom stereocenters. The van der Waals surface area contributed by atoms with E-state index in [4.69, 9.17) is 0 Å².